The molecule has 0 aliphatic carbocycles. The lowest BCUT2D eigenvalue weighted by molar-refractivity contribution is 0.339. The Morgan fingerprint density at radius 1 is 1.16 bits per heavy atom. The van der Waals surface area contributed by atoms with Crippen LogP contribution in [-0.2, 0) is 0 Å². The van der Waals surface area contributed by atoms with Gasteiger partial charge in [-0.3, -0.25) is 0 Å². The molecule has 0 aliphatic heterocycles. The molecule has 2 rings (SSSR count). The number of ether oxygens (including phenoxy) is 2. The van der Waals surface area contributed by atoms with Gasteiger partial charge < -0.3 is 15.2 Å². The average Bonchev–Trinajstić information content (AvgIpc) is 2.38. The van der Waals surface area contributed by atoms with Crippen LogP contribution in [0.3, 0.4) is 0 Å². The molecular weight excluding hydrogens is 313 g/mol. The fraction of sp³-hybridized carbons (Fsp3) is 0.143. The van der Waals surface area contributed by atoms with Crippen molar-refractivity contribution in [2.24, 2.45) is 0 Å². The molecule has 2 N–H and O–H groups in total. The molecule has 3 nitrogen and oxygen atoms in total. The lowest BCUT2D eigenvalue weighted by atomic mass is 10.2. The van der Waals surface area contributed by atoms with Crippen LogP contribution < -0.4 is 15.2 Å². The van der Waals surface area contributed by atoms with Gasteiger partial charge in [0.15, 0.2) is 11.6 Å². The zero-order chi connectivity index (χ0) is 13.8. The molecule has 2 aromatic rings. The summed E-state index contributed by atoms with van der Waals surface area (Å²) in [6, 6.07) is 9.47. The van der Waals surface area contributed by atoms with E-state index in [1.54, 1.807) is 30.3 Å². The highest BCUT2D eigenvalue weighted by atomic mass is 79.9. The Kier molecular flexibility index (Phi) is 4.27. The number of benzene rings is 2. The molecule has 2 aromatic carbocycles. The van der Waals surface area contributed by atoms with Crippen molar-refractivity contribution in [3.05, 3.63) is 46.7 Å². The van der Waals surface area contributed by atoms with Crippen LogP contribution in [0.5, 0.6) is 17.2 Å². The number of halogens is 2. The summed E-state index contributed by atoms with van der Waals surface area (Å²) in [4.78, 5) is 0. The van der Waals surface area contributed by atoms with Crippen molar-refractivity contribution in [1.82, 2.24) is 0 Å². The molecule has 0 unspecified atom stereocenters. The minimum Gasteiger partial charge on any atom is -0.492 e. The number of nitrogen functional groups attached to an aromatic ring is 1. The first-order valence-corrected chi connectivity index (χ1v) is 6.54. The van der Waals surface area contributed by atoms with Crippen molar-refractivity contribution in [2.45, 2.75) is 6.92 Å². The van der Waals surface area contributed by atoms with E-state index in [-0.39, 0.29) is 5.75 Å². The first-order chi connectivity index (χ1) is 9.10. The topological polar surface area (TPSA) is 44.5 Å². The van der Waals surface area contributed by atoms with Gasteiger partial charge in [-0.25, -0.2) is 4.39 Å². The normalized spacial score (nSPS) is 10.3. The lowest BCUT2D eigenvalue weighted by Crippen LogP contribution is -1.97. The highest BCUT2D eigenvalue weighted by Gasteiger charge is 2.08. The number of rotatable bonds is 4. The summed E-state index contributed by atoms with van der Waals surface area (Å²) in [7, 11) is 0. The van der Waals surface area contributed by atoms with Crippen molar-refractivity contribution in [1.29, 1.82) is 0 Å². The van der Waals surface area contributed by atoms with E-state index in [1.165, 1.54) is 6.07 Å². The van der Waals surface area contributed by atoms with E-state index < -0.39 is 5.82 Å². The van der Waals surface area contributed by atoms with Crippen molar-refractivity contribution >= 4 is 21.6 Å². The van der Waals surface area contributed by atoms with E-state index in [4.69, 9.17) is 15.2 Å². The third kappa shape index (κ3) is 3.38. The summed E-state index contributed by atoms with van der Waals surface area (Å²) in [5.74, 6) is 0.699. The lowest BCUT2D eigenvalue weighted by Gasteiger charge is -2.11. The highest BCUT2D eigenvalue weighted by molar-refractivity contribution is 9.10. The second-order valence-electron chi connectivity index (χ2n) is 3.81. The Hall–Kier alpha value is -1.75. The first-order valence-electron chi connectivity index (χ1n) is 5.75. The van der Waals surface area contributed by atoms with Crippen molar-refractivity contribution in [2.75, 3.05) is 12.3 Å². The summed E-state index contributed by atoms with van der Waals surface area (Å²) in [5.41, 5.74) is 6.28. The number of hydrogen-bond donors (Lipinski definition) is 1. The van der Waals surface area contributed by atoms with Crippen LogP contribution in [0, 0.1) is 5.82 Å². The van der Waals surface area contributed by atoms with Gasteiger partial charge in [0.25, 0.3) is 0 Å². The minimum atomic E-state index is -0.432. The third-order valence-corrected chi connectivity index (χ3v) is 2.90. The molecule has 19 heavy (non-hydrogen) atoms. The zero-order valence-electron chi connectivity index (χ0n) is 10.3. The van der Waals surface area contributed by atoms with E-state index in [0.717, 1.165) is 4.47 Å². The van der Waals surface area contributed by atoms with E-state index in [2.05, 4.69) is 15.9 Å². The second kappa shape index (κ2) is 5.93. The molecule has 0 saturated carbocycles. The number of hydrogen-bond acceptors (Lipinski definition) is 3. The molecule has 0 aliphatic rings. The van der Waals surface area contributed by atoms with Crippen molar-refractivity contribution in [3.8, 4) is 17.2 Å². The van der Waals surface area contributed by atoms with E-state index in [9.17, 15) is 4.39 Å². The molecule has 0 atom stereocenters. The largest absolute Gasteiger partial charge is 0.492 e. The molecule has 0 fully saturated rings. The second-order valence-corrected chi connectivity index (χ2v) is 4.73. The average molecular weight is 326 g/mol. The van der Waals surface area contributed by atoms with Gasteiger partial charge in [-0.1, -0.05) is 15.9 Å². The summed E-state index contributed by atoms with van der Waals surface area (Å²) < 4.78 is 25.2. The Bertz CT molecular complexity index is 590. The first kappa shape index (κ1) is 13.7. The standard InChI is InChI=1S/C14H13BrFNO2/c1-2-18-14-8-10(4-6-12(14)17)19-13-7-9(15)3-5-11(13)16/h3-8H,2,17H2,1H3. The highest BCUT2D eigenvalue weighted by Crippen LogP contribution is 2.32. The van der Waals surface area contributed by atoms with Crippen molar-refractivity contribution < 1.29 is 13.9 Å². The fourth-order valence-corrected chi connectivity index (χ4v) is 1.88. The predicted octanol–water partition coefficient (Wildman–Crippen LogP) is 4.36. The SMILES string of the molecule is CCOc1cc(Oc2cc(Br)ccc2F)ccc1N. The Labute approximate surface area is 119 Å². The third-order valence-electron chi connectivity index (χ3n) is 2.41. The molecular formula is C14H13BrFNO2. The van der Waals surface area contributed by atoms with Gasteiger partial charge in [-0.2, -0.15) is 0 Å². The number of nitrogens with two attached hydrogens (primary N) is 1. The Morgan fingerprint density at radius 3 is 2.68 bits per heavy atom. The van der Waals surface area contributed by atoms with Gasteiger partial charge in [0.05, 0.1) is 12.3 Å². The fourth-order valence-electron chi connectivity index (χ4n) is 1.54. The van der Waals surface area contributed by atoms with Crippen LogP contribution >= 0.6 is 15.9 Å². The van der Waals surface area contributed by atoms with E-state index in [0.29, 0.717) is 23.8 Å². The molecule has 0 aromatic heterocycles. The van der Waals surface area contributed by atoms with Crippen LogP contribution in [-0.4, -0.2) is 6.61 Å². The van der Waals surface area contributed by atoms with Crippen LogP contribution in [0.2, 0.25) is 0 Å². The maximum absolute atomic E-state index is 13.6. The van der Waals surface area contributed by atoms with Crippen LogP contribution in [0.1, 0.15) is 6.92 Å². The quantitative estimate of drug-likeness (QED) is 0.849. The smallest absolute Gasteiger partial charge is 0.165 e. The minimum absolute atomic E-state index is 0.140. The summed E-state index contributed by atoms with van der Waals surface area (Å²) in [6.45, 7) is 2.36. The van der Waals surface area contributed by atoms with Gasteiger partial charge in [-0.15, -0.1) is 0 Å². The van der Waals surface area contributed by atoms with Gasteiger partial charge >= 0.3 is 0 Å². The Morgan fingerprint density at radius 2 is 1.95 bits per heavy atom. The Balaban J connectivity index is 2.28. The van der Waals surface area contributed by atoms with Crippen molar-refractivity contribution in [3.63, 3.8) is 0 Å². The van der Waals surface area contributed by atoms with Crippen LogP contribution in [0.4, 0.5) is 10.1 Å². The van der Waals surface area contributed by atoms with Gasteiger partial charge in [0, 0.05) is 10.5 Å². The zero-order valence-corrected chi connectivity index (χ0v) is 11.9. The molecule has 0 amide bonds. The van der Waals surface area contributed by atoms with E-state index in [1.807, 2.05) is 6.92 Å². The summed E-state index contributed by atoms with van der Waals surface area (Å²) >= 11 is 3.27. The number of anilines is 1. The molecule has 0 heterocycles. The monoisotopic (exact) mass is 325 g/mol. The maximum Gasteiger partial charge on any atom is 0.165 e. The molecule has 5 heteroatoms. The molecule has 0 bridgehead atoms. The predicted molar refractivity (Wildman–Crippen MR) is 76.2 cm³/mol. The van der Waals surface area contributed by atoms with Gasteiger partial charge in [-0.05, 0) is 37.3 Å². The molecule has 0 radical (unpaired) electrons. The summed E-state index contributed by atoms with van der Waals surface area (Å²) in [5, 5.41) is 0. The van der Waals surface area contributed by atoms with Crippen LogP contribution in [0.15, 0.2) is 40.9 Å². The molecule has 0 saturated heterocycles. The van der Waals surface area contributed by atoms with Gasteiger partial charge in [0.2, 0.25) is 0 Å². The van der Waals surface area contributed by atoms with Crippen LogP contribution in [0.25, 0.3) is 0 Å². The van der Waals surface area contributed by atoms with E-state index >= 15 is 0 Å². The molecule has 0 spiro atoms. The molecule has 100 valence electrons. The van der Waals surface area contributed by atoms with Gasteiger partial charge in [0.1, 0.15) is 11.5 Å². The summed E-state index contributed by atoms with van der Waals surface area (Å²) in [6.07, 6.45) is 0. The maximum atomic E-state index is 13.6.